The summed E-state index contributed by atoms with van der Waals surface area (Å²) in [6, 6.07) is 8.76. The normalized spacial score (nSPS) is 12.5. The van der Waals surface area contributed by atoms with Gasteiger partial charge in [0.15, 0.2) is 5.84 Å². The van der Waals surface area contributed by atoms with E-state index in [1.165, 1.54) is 11.3 Å². The van der Waals surface area contributed by atoms with Crippen LogP contribution in [0.25, 0.3) is 21.3 Å². The third kappa shape index (κ3) is 3.81. The van der Waals surface area contributed by atoms with Gasteiger partial charge in [-0.05, 0) is 41.3 Å². The molecule has 0 unspecified atom stereocenters. The molecular weight excluding hydrogens is 420 g/mol. The number of hydrogen-bond acceptors (Lipinski definition) is 10. The first kappa shape index (κ1) is 20.5. The molecule has 10 nitrogen and oxygen atoms in total. The van der Waals surface area contributed by atoms with Gasteiger partial charge in [0.25, 0.3) is 0 Å². The van der Waals surface area contributed by atoms with E-state index < -0.39 is 10.0 Å². The van der Waals surface area contributed by atoms with Crippen molar-refractivity contribution in [2.24, 2.45) is 32.7 Å². The maximum Gasteiger partial charge on any atom is 0.239 e. The largest absolute Gasteiger partial charge is 0.382 e. The Balaban J connectivity index is 2.36. The zero-order valence-electron chi connectivity index (χ0n) is 14.4. The van der Waals surface area contributed by atoms with Crippen molar-refractivity contribution < 1.29 is 8.42 Å². The van der Waals surface area contributed by atoms with Crippen LogP contribution < -0.4 is 33.1 Å². The number of rotatable bonds is 6. The van der Waals surface area contributed by atoms with E-state index >= 15 is 0 Å². The summed E-state index contributed by atoms with van der Waals surface area (Å²) in [5.74, 6) is 5.07. The molecule has 0 fully saturated rings. The average molecular weight is 439 g/mol. The number of hydrogen-bond donors (Lipinski definition) is 6. The summed E-state index contributed by atoms with van der Waals surface area (Å²) in [5.41, 5.74) is 15.7. The van der Waals surface area contributed by atoms with Crippen molar-refractivity contribution in [3.8, 4) is 11.1 Å². The van der Waals surface area contributed by atoms with Crippen LogP contribution in [0.4, 0.5) is 0 Å². The summed E-state index contributed by atoms with van der Waals surface area (Å²) < 4.78 is 25.6. The van der Waals surface area contributed by atoms with Gasteiger partial charge >= 0.3 is 0 Å². The molecule has 0 aliphatic heterocycles. The third-order valence-electron chi connectivity index (χ3n) is 3.89. The van der Waals surface area contributed by atoms with Gasteiger partial charge in [-0.3, -0.25) is 5.14 Å². The molecule has 13 heteroatoms. The second-order valence-corrected chi connectivity index (χ2v) is 8.89. The molecule has 2 aromatic carbocycles. The summed E-state index contributed by atoms with van der Waals surface area (Å²) in [6.45, 7) is 0.333. The Hall–Kier alpha value is -2.26. The van der Waals surface area contributed by atoms with Crippen LogP contribution in [0.1, 0.15) is 10.6 Å². The average Bonchev–Trinajstić information content (AvgIpc) is 3.08. The lowest BCUT2D eigenvalue weighted by atomic mass is 9.98. The second kappa shape index (κ2) is 8.00. The van der Waals surface area contributed by atoms with Crippen LogP contribution in [0, 0.1) is 0 Å². The molecule has 0 aliphatic rings. The van der Waals surface area contributed by atoms with Gasteiger partial charge in [-0.25, -0.2) is 29.9 Å². The molecule has 11 N–H and O–H groups in total. The van der Waals surface area contributed by atoms with E-state index in [1.54, 1.807) is 12.1 Å². The number of fused-ring (bicyclic) bond motifs is 1. The number of aromatic nitrogens is 1. The van der Waals surface area contributed by atoms with E-state index in [4.69, 9.17) is 27.6 Å². The maximum absolute atomic E-state index is 12.3. The molecule has 0 spiro atoms. The fraction of sp³-hybridized carbons (Fsp3) is 0.0667. The summed E-state index contributed by atoms with van der Waals surface area (Å²) >= 11 is 2.23. The predicted octanol–water partition coefficient (Wildman–Crippen LogP) is 0.119. The van der Waals surface area contributed by atoms with Crippen LogP contribution >= 0.6 is 23.3 Å². The Morgan fingerprint density at radius 3 is 2.64 bits per heavy atom. The number of hydrazone groups is 1. The summed E-state index contributed by atoms with van der Waals surface area (Å²) in [6.07, 6.45) is 0. The second-order valence-electron chi connectivity index (χ2n) is 5.60. The molecule has 0 saturated heterocycles. The van der Waals surface area contributed by atoms with Crippen LogP contribution in [-0.4, -0.2) is 19.2 Å². The molecule has 0 atom stereocenters. The topological polar surface area (TPSA) is 202 Å². The Morgan fingerprint density at radius 2 is 2.04 bits per heavy atom. The standard InChI is InChI=1S/C15H18N8O2S3/c16-6-12-21-9-5-7(1-3-10(9)26-12)8-2-4-11(27-19)14(28(20,24)25)13(8)15(17)22-23-18/h1-5,23H,6,16,18-19H2,(H2,17,22)(H2,20,24,25). The van der Waals surface area contributed by atoms with Crippen LogP contribution in [0.5, 0.6) is 0 Å². The van der Waals surface area contributed by atoms with Crippen molar-refractivity contribution in [2.45, 2.75) is 16.3 Å². The molecule has 0 bridgehead atoms. The van der Waals surface area contributed by atoms with Crippen molar-refractivity contribution in [1.82, 2.24) is 10.5 Å². The third-order valence-corrected chi connectivity index (χ3v) is 6.67. The minimum Gasteiger partial charge on any atom is -0.382 e. The van der Waals surface area contributed by atoms with Crippen molar-refractivity contribution in [1.29, 1.82) is 0 Å². The lowest BCUT2D eigenvalue weighted by Gasteiger charge is -2.16. The number of amidine groups is 1. The number of nitrogens with two attached hydrogens (primary N) is 5. The van der Waals surface area contributed by atoms with Gasteiger partial charge in [0.05, 0.1) is 10.2 Å². The summed E-state index contributed by atoms with van der Waals surface area (Å²) in [7, 11) is -4.17. The Labute approximate surface area is 169 Å². The Bertz CT molecular complexity index is 1170. The predicted molar refractivity (Wildman–Crippen MR) is 112 cm³/mol. The Kier molecular flexibility index (Phi) is 5.85. The lowest BCUT2D eigenvalue weighted by molar-refractivity contribution is 0.595. The number of benzene rings is 2. The molecular formula is C15H18N8O2S3. The number of sulfonamides is 1. The molecule has 3 aromatic rings. The lowest BCUT2D eigenvalue weighted by Crippen LogP contribution is -2.27. The van der Waals surface area contributed by atoms with E-state index in [0.717, 1.165) is 27.2 Å². The van der Waals surface area contributed by atoms with Crippen molar-refractivity contribution >= 4 is 49.4 Å². The highest BCUT2D eigenvalue weighted by molar-refractivity contribution is 7.98. The van der Waals surface area contributed by atoms with E-state index in [0.29, 0.717) is 17.7 Å². The fourth-order valence-corrected chi connectivity index (χ4v) is 5.31. The van der Waals surface area contributed by atoms with E-state index in [9.17, 15) is 8.42 Å². The minimum absolute atomic E-state index is 0.101. The van der Waals surface area contributed by atoms with E-state index in [-0.39, 0.29) is 21.2 Å². The Morgan fingerprint density at radius 1 is 1.29 bits per heavy atom. The number of nitrogens with one attached hydrogen (secondary N) is 1. The van der Waals surface area contributed by atoms with Crippen LogP contribution in [0.15, 0.2) is 45.2 Å². The SMILES string of the molecule is NCc1nc2cc(-c3ccc(SN)c(S(N)(=O)=O)c3/C(N)=N/NN)ccc2s1. The van der Waals surface area contributed by atoms with Crippen molar-refractivity contribution in [3.63, 3.8) is 0 Å². The number of nitrogens with zero attached hydrogens (tertiary/aromatic N) is 2. The summed E-state index contributed by atoms with van der Waals surface area (Å²) in [4.78, 5) is 4.47. The smallest absolute Gasteiger partial charge is 0.239 e. The molecule has 28 heavy (non-hydrogen) atoms. The van der Waals surface area contributed by atoms with Crippen LogP contribution in [0.2, 0.25) is 0 Å². The fourth-order valence-electron chi connectivity index (χ4n) is 2.79. The molecule has 1 aromatic heterocycles. The van der Waals surface area contributed by atoms with Crippen LogP contribution in [-0.2, 0) is 16.6 Å². The zero-order chi connectivity index (χ0) is 20.5. The first-order valence-corrected chi connectivity index (χ1v) is 11.0. The van der Waals surface area contributed by atoms with Gasteiger partial charge in [-0.2, -0.15) is 0 Å². The number of thiazole rings is 1. The highest BCUT2D eigenvalue weighted by atomic mass is 32.2. The van der Waals surface area contributed by atoms with Crippen molar-refractivity contribution in [2.75, 3.05) is 0 Å². The molecule has 0 radical (unpaired) electrons. The van der Waals surface area contributed by atoms with Gasteiger partial charge in [-0.15, -0.1) is 16.4 Å². The maximum atomic E-state index is 12.3. The number of primary sulfonamides is 1. The molecule has 0 saturated carbocycles. The van der Waals surface area contributed by atoms with E-state index in [1.807, 2.05) is 18.2 Å². The molecule has 148 valence electrons. The van der Waals surface area contributed by atoms with Crippen LogP contribution in [0.3, 0.4) is 0 Å². The molecule has 0 amide bonds. The first-order chi connectivity index (χ1) is 13.3. The van der Waals surface area contributed by atoms with Gasteiger partial charge in [0, 0.05) is 17.0 Å². The molecule has 1 heterocycles. The van der Waals surface area contributed by atoms with Gasteiger partial charge in [0.1, 0.15) is 9.90 Å². The van der Waals surface area contributed by atoms with Gasteiger partial charge < -0.3 is 11.5 Å². The first-order valence-electron chi connectivity index (χ1n) is 7.75. The van der Waals surface area contributed by atoms with Crippen molar-refractivity contribution in [3.05, 3.63) is 40.9 Å². The number of hydrazine groups is 1. The molecule has 3 rings (SSSR count). The minimum atomic E-state index is -4.17. The van der Waals surface area contributed by atoms with Gasteiger partial charge in [-0.1, -0.05) is 12.1 Å². The quantitative estimate of drug-likeness (QED) is 0.102. The zero-order valence-corrected chi connectivity index (χ0v) is 16.9. The van der Waals surface area contributed by atoms with Gasteiger partial charge in [0.2, 0.25) is 10.0 Å². The highest BCUT2D eigenvalue weighted by Crippen LogP contribution is 2.35. The molecule has 0 aliphatic carbocycles. The van der Waals surface area contributed by atoms with E-state index in [2.05, 4.69) is 15.6 Å². The highest BCUT2D eigenvalue weighted by Gasteiger charge is 2.25. The summed E-state index contributed by atoms with van der Waals surface area (Å²) in [5, 5.41) is 15.6. The monoisotopic (exact) mass is 438 g/mol.